The van der Waals surface area contributed by atoms with E-state index in [2.05, 4.69) is 54.6 Å². The standard InChI is InChI=1S/C10H8BrClIN3/c1-16(2)7-3-6(11)8(13)9-5(7)4-14-10(12)15-9/h3-4H,1-2H3. The second-order valence-electron chi connectivity index (χ2n) is 3.49. The molecule has 0 unspecified atom stereocenters. The molecule has 84 valence electrons. The lowest BCUT2D eigenvalue weighted by molar-refractivity contribution is 1.13. The van der Waals surface area contributed by atoms with Crippen LogP contribution in [0.4, 0.5) is 5.69 Å². The molecular weight excluding hydrogens is 404 g/mol. The smallest absolute Gasteiger partial charge is 0.222 e. The van der Waals surface area contributed by atoms with Gasteiger partial charge in [0, 0.05) is 35.8 Å². The van der Waals surface area contributed by atoms with Crippen LogP contribution in [0.25, 0.3) is 10.9 Å². The van der Waals surface area contributed by atoms with Crippen molar-refractivity contribution >= 4 is 66.7 Å². The van der Waals surface area contributed by atoms with Gasteiger partial charge in [-0.3, -0.25) is 0 Å². The molecule has 0 radical (unpaired) electrons. The van der Waals surface area contributed by atoms with Crippen molar-refractivity contribution in [2.24, 2.45) is 0 Å². The number of nitrogens with zero attached hydrogens (tertiary/aromatic N) is 3. The van der Waals surface area contributed by atoms with Crippen LogP contribution in [-0.2, 0) is 0 Å². The molecule has 3 nitrogen and oxygen atoms in total. The van der Waals surface area contributed by atoms with Crippen molar-refractivity contribution in [3.63, 3.8) is 0 Å². The summed E-state index contributed by atoms with van der Waals surface area (Å²) in [6, 6.07) is 2.06. The van der Waals surface area contributed by atoms with Gasteiger partial charge in [0.2, 0.25) is 5.28 Å². The van der Waals surface area contributed by atoms with Crippen molar-refractivity contribution < 1.29 is 0 Å². The van der Waals surface area contributed by atoms with E-state index in [0.717, 1.165) is 24.6 Å². The third-order valence-electron chi connectivity index (χ3n) is 2.20. The van der Waals surface area contributed by atoms with Gasteiger partial charge in [0.05, 0.1) is 9.09 Å². The highest BCUT2D eigenvalue weighted by atomic mass is 127. The van der Waals surface area contributed by atoms with Gasteiger partial charge in [-0.2, -0.15) is 0 Å². The van der Waals surface area contributed by atoms with Gasteiger partial charge >= 0.3 is 0 Å². The predicted octanol–water partition coefficient (Wildman–Crippen LogP) is 3.72. The molecule has 2 aromatic rings. The van der Waals surface area contributed by atoms with Crippen molar-refractivity contribution in [2.45, 2.75) is 0 Å². The summed E-state index contributed by atoms with van der Waals surface area (Å²) in [5, 5.41) is 1.27. The van der Waals surface area contributed by atoms with Gasteiger partial charge in [0.25, 0.3) is 0 Å². The Kier molecular flexibility index (Phi) is 3.56. The van der Waals surface area contributed by atoms with E-state index in [1.54, 1.807) is 6.20 Å². The van der Waals surface area contributed by atoms with Gasteiger partial charge in [-0.25, -0.2) is 9.97 Å². The maximum atomic E-state index is 5.82. The molecular formula is C10H8BrClIN3. The Balaban J connectivity index is 2.89. The average Bonchev–Trinajstić information content (AvgIpc) is 2.23. The van der Waals surface area contributed by atoms with E-state index in [4.69, 9.17) is 11.6 Å². The van der Waals surface area contributed by atoms with E-state index in [0.29, 0.717) is 0 Å². The predicted molar refractivity (Wildman–Crippen MR) is 79.3 cm³/mol. The Bertz CT molecular complexity index is 559. The summed E-state index contributed by atoms with van der Waals surface area (Å²) in [4.78, 5) is 10.3. The normalized spacial score (nSPS) is 10.8. The Morgan fingerprint density at radius 2 is 2.12 bits per heavy atom. The maximum absolute atomic E-state index is 5.82. The summed E-state index contributed by atoms with van der Waals surface area (Å²) in [6.07, 6.45) is 1.76. The Hall–Kier alpha value is -0.140. The molecule has 2 rings (SSSR count). The lowest BCUT2D eigenvalue weighted by Crippen LogP contribution is -2.10. The molecule has 0 aliphatic heterocycles. The van der Waals surface area contributed by atoms with Gasteiger partial charge < -0.3 is 4.90 Å². The number of rotatable bonds is 1. The third kappa shape index (κ3) is 2.12. The molecule has 6 heteroatoms. The number of aromatic nitrogens is 2. The van der Waals surface area contributed by atoms with Crippen LogP contribution in [-0.4, -0.2) is 24.1 Å². The highest BCUT2D eigenvalue weighted by Crippen LogP contribution is 2.34. The largest absolute Gasteiger partial charge is 0.377 e. The van der Waals surface area contributed by atoms with E-state index >= 15 is 0 Å². The lowest BCUT2D eigenvalue weighted by atomic mass is 10.2. The van der Waals surface area contributed by atoms with Crippen LogP contribution < -0.4 is 4.90 Å². The molecule has 1 aromatic carbocycles. The Morgan fingerprint density at radius 1 is 1.44 bits per heavy atom. The summed E-state index contributed by atoms with van der Waals surface area (Å²) in [6.45, 7) is 0. The molecule has 1 aromatic heterocycles. The fourth-order valence-corrected chi connectivity index (χ4v) is 2.56. The van der Waals surface area contributed by atoms with E-state index in [1.165, 1.54) is 0 Å². The SMILES string of the molecule is CN(C)c1cc(Br)c(I)c2nc(Cl)ncc12. The summed E-state index contributed by atoms with van der Waals surface area (Å²) in [7, 11) is 3.98. The summed E-state index contributed by atoms with van der Waals surface area (Å²) in [5.41, 5.74) is 1.94. The second kappa shape index (κ2) is 4.62. The number of halogens is 3. The van der Waals surface area contributed by atoms with Crippen LogP contribution in [0.3, 0.4) is 0 Å². The van der Waals surface area contributed by atoms with E-state index in [9.17, 15) is 0 Å². The summed E-state index contributed by atoms with van der Waals surface area (Å²) in [5.74, 6) is 0. The van der Waals surface area contributed by atoms with Gasteiger partial charge in [-0.1, -0.05) is 0 Å². The molecule has 0 saturated heterocycles. The van der Waals surface area contributed by atoms with Crippen LogP contribution in [0.2, 0.25) is 5.28 Å². The first-order chi connectivity index (χ1) is 7.50. The highest BCUT2D eigenvalue weighted by molar-refractivity contribution is 14.1. The molecule has 0 amide bonds. The van der Waals surface area contributed by atoms with Crippen molar-refractivity contribution in [3.8, 4) is 0 Å². The first-order valence-corrected chi connectivity index (χ1v) is 6.73. The molecule has 0 atom stereocenters. The quantitative estimate of drug-likeness (QED) is 0.528. The van der Waals surface area contributed by atoms with E-state index in [-0.39, 0.29) is 5.28 Å². The van der Waals surface area contributed by atoms with Gasteiger partial charge in [-0.05, 0) is 56.2 Å². The van der Waals surface area contributed by atoms with Crippen LogP contribution in [0.5, 0.6) is 0 Å². The number of anilines is 1. The number of hydrogen-bond acceptors (Lipinski definition) is 3. The van der Waals surface area contributed by atoms with Crippen molar-refractivity contribution in [1.29, 1.82) is 0 Å². The van der Waals surface area contributed by atoms with E-state index < -0.39 is 0 Å². The zero-order valence-electron chi connectivity index (χ0n) is 8.63. The van der Waals surface area contributed by atoms with Crippen LogP contribution in [0, 0.1) is 3.57 Å². The van der Waals surface area contributed by atoms with Crippen LogP contribution in [0.15, 0.2) is 16.7 Å². The maximum Gasteiger partial charge on any atom is 0.222 e. The average molecular weight is 412 g/mol. The molecule has 0 bridgehead atoms. The third-order valence-corrected chi connectivity index (χ3v) is 4.84. The van der Waals surface area contributed by atoms with E-state index in [1.807, 2.05) is 19.0 Å². The lowest BCUT2D eigenvalue weighted by Gasteiger charge is -2.16. The minimum absolute atomic E-state index is 0.272. The molecule has 0 aliphatic carbocycles. The first kappa shape index (κ1) is 12.3. The van der Waals surface area contributed by atoms with Crippen molar-refractivity contribution in [2.75, 3.05) is 19.0 Å². The Labute approximate surface area is 120 Å². The summed E-state index contributed by atoms with van der Waals surface area (Å²) < 4.78 is 2.06. The Morgan fingerprint density at radius 3 is 2.75 bits per heavy atom. The minimum Gasteiger partial charge on any atom is -0.377 e. The molecule has 0 N–H and O–H groups in total. The van der Waals surface area contributed by atoms with Crippen molar-refractivity contribution in [3.05, 3.63) is 25.6 Å². The fourth-order valence-electron chi connectivity index (χ4n) is 1.46. The summed E-state index contributed by atoms with van der Waals surface area (Å²) >= 11 is 11.6. The van der Waals surface area contributed by atoms with Gasteiger partial charge in [0.15, 0.2) is 0 Å². The van der Waals surface area contributed by atoms with Crippen molar-refractivity contribution in [1.82, 2.24) is 9.97 Å². The number of benzene rings is 1. The minimum atomic E-state index is 0.272. The highest BCUT2D eigenvalue weighted by Gasteiger charge is 2.12. The molecule has 0 spiro atoms. The molecule has 0 fully saturated rings. The van der Waals surface area contributed by atoms with Gasteiger partial charge in [0.1, 0.15) is 0 Å². The zero-order valence-corrected chi connectivity index (χ0v) is 13.1. The first-order valence-electron chi connectivity index (χ1n) is 4.48. The topological polar surface area (TPSA) is 29.0 Å². The van der Waals surface area contributed by atoms with Crippen LogP contribution >= 0.6 is 50.1 Å². The molecule has 16 heavy (non-hydrogen) atoms. The zero-order chi connectivity index (χ0) is 11.9. The molecule has 0 aliphatic rings. The molecule has 1 heterocycles. The monoisotopic (exact) mass is 411 g/mol. The molecule has 0 saturated carbocycles. The van der Waals surface area contributed by atoms with Gasteiger partial charge in [-0.15, -0.1) is 0 Å². The number of hydrogen-bond donors (Lipinski definition) is 0. The number of fused-ring (bicyclic) bond motifs is 1. The fraction of sp³-hybridized carbons (Fsp3) is 0.200. The second-order valence-corrected chi connectivity index (χ2v) is 5.76. The van der Waals surface area contributed by atoms with Crippen LogP contribution in [0.1, 0.15) is 0 Å².